The van der Waals surface area contributed by atoms with E-state index in [1.165, 1.54) is 44.2 Å². The zero-order chi connectivity index (χ0) is 14.5. The Bertz CT molecular complexity index is 425. The minimum absolute atomic E-state index is 0.738. The maximum Gasteiger partial charge on any atom is 0.0471 e. The van der Waals surface area contributed by atoms with E-state index in [0.29, 0.717) is 0 Å². The summed E-state index contributed by atoms with van der Waals surface area (Å²) in [5, 5.41) is 0.803. The monoisotopic (exact) mass is 294 g/mol. The molecule has 2 rings (SSSR count). The van der Waals surface area contributed by atoms with Crippen molar-refractivity contribution in [2.24, 2.45) is 5.92 Å². The molecule has 0 unspecified atom stereocenters. The summed E-state index contributed by atoms with van der Waals surface area (Å²) < 4.78 is 0. The molecule has 1 aliphatic carbocycles. The molecule has 1 aromatic carbocycles. The quantitative estimate of drug-likeness (QED) is 0.770. The van der Waals surface area contributed by atoms with Crippen LogP contribution in [0.1, 0.15) is 51.5 Å². The summed E-state index contributed by atoms with van der Waals surface area (Å²) in [4.78, 5) is 2.63. The Kier molecular flexibility index (Phi) is 5.74. The van der Waals surface area contributed by atoms with Gasteiger partial charge in [-0.25, -0.2) is 0 Å². The number of benzene rings is 1. The van der Waals surface area contributed by atoms with Crippen molar-refractivity contribution < 1.29 is 0 Å². The summed E-state index contributed by atoms with van der Waals surface area (Å²) in [6.45, 7) is 6.71. The zero-order valence-corrected chi connectivity index (χ0v) is 13.5. The van der Waals surface area contributed by atoms with Gasteiger partial charge in [0.05, 0.1) is 0 Å². The zero-order valence-electron chi connectivity index (χ0n) is 12.7. The first-order valence-electron chi connectivity index (χ1n) is 7.84. The highest BCUT2D eigenvalue weighted by Crippen LogP contribution is 2.28. The van der Waals surface area contributed by atoms with Crippen molar-refractivity contribution in [3.8, 4) is 0 Å². The predicted molar refractivity (Wildman–Crippen MR) is 88.0 cm³/mol. The van der Waals surface area contributed by atoms with Crippen molar-refractivity contribution >= 4 is 17.3 Å². The molecule has 1 aliphatic rings. The molecule has 3 heteroatoms. The summed E-state index contributed by atoms with van der Waals surface area (Å²) >= 11 is 6.34. The van der Waals surface area contributed by atoms with E-state index in [0.717, 1.165) is 29.2 Å². The molecule has 0 amide bonds. The average Bonchev–Trinajstić information content (AvgIpc) is 2.90. The maximum absolute atomic E-state index is 6.34. The highest BCUT2D eigenvalue weighted by Gasteiger charge is 2.23. The van der Waals surface area contributed by atoms with Crippen LogP contribution in [0.4, 0.5) is 5.69 Å². The second kappa shape index (κ2) is 7.33. The van der Waals surface area contributed by atoms with Gasteiger partial charge >= 0.3 is 0 Å². The molecule has 1 aromatic rings. The molecule has 0 heterocycles. The van der Waals surface area contributed by atoms with Crippen LogP contribution in [-0.4, -0.2) is 17.5 Å². The smallest absolute Gasteiger partial charge is 0.0471 e. The van der Waals surface area contributed by atoms with Crippen molar-refractivity contribution in [1.29, 1.82) is 0 Å². The van der Waals surface area contributed by atoms with E-state index in [9.17, 15) is 0 Å². The van der Waals surface area contributed by atoms with Gasteiger partial charge in [-0.05, 0) is 49.4 Å². The van der Waals surface area contributed by atoms with Crippen LogP contribution in [0.25, 0.3) is 0 Å². The summed E-state index contributed by atoms with van der Waals surface area (Å²) in [7, 11) is 0. The first-order chi connectivity index (χ1) is 9.56. The van der Waals surface area contributed by atoms with Crippen molar-refractivity contribution in [1.82, 2.24) is 4.90 Å². The van der Waals surface area contributed by atoms with E-state index in [-0.39, 0.29) is 0 Å². The Morgan fingerprint density at radius 2 is 2.00 bits per heavy atom. The fourth-order valence-electron chi connectivity index (χ4n) is 2.99. The van der Waals surface area contributed by atoms with Crippen LogP contribution >= 0.6 is 11.6 Å². The van der Waals surface area contributed by atoms with Crippen LogP contribution in [0.2, 0.25) is 5.02 Å². The molecule has 0 saturated heterocycles. The third-order valence-corrected chi connectivity index (χ3v) is 4.64. The summed E-state index contributed by atoms with van der Waals surface area (Å²) in [5.74, 6) is 0.751. The number of nitrogen functional groups attached to an aromatic ring is 1. The van der Waals surface area contributed by atoms with E-state index < -0.39 is 0 Å². The Morgan fingerprint density at radius 1 is 1.30 bits per heavy atom. The second-order valence-corrected chi connectivity index (χ2v) is 6.85. The van der Waals surface area contributed by atoms with Crippen molar-refractivity contribution in [2.75, 3.05) is 12.3 Å². The van der Waals surface area contributed by atoms with Gasteiger partial charge in [0.25, 0.3) is 0 Å². The van der Waals surface area contributed by atoms with Gasteiger partial charge in [-0.3, -0.25) is 4.90 Å². The van der Waals surface area contributed by atoms with Crippen LogP contribution in [0.15, 0.2) is 18.2 Å². The molecule has 0 atom stereocenters. The number of hydrogen-bond acceptors (Lipinski definition) is 2. The minimum atomic E-state index is 0.738. The lowest BCUT2D eigenvalue weighted by atomic mass is 10.1. The normalized spacial score (nSPS) is 16.4. The van der Waals surface area contributed by atoms with Gasteiger partial charge in [0, 0.05) is 23.3 Å². The summed E-state index contributed by atoms with van der Waals surface area (Å²) in [5.41, 5.74) is 7.73. The molecule has 2 nitrogen and oxygen atoms in total. The van der Waals surface area contributed by atoms with Crippen LogP contribution in [0.5, 0.6) is 0 Å². The summed E-state index contributed by atoms with van der Waals surface area (Å²) in [6.07, 6.45) is 6.68. The molecule has 0 bridgehead atoms. The molecule has 20 heavy (non-hydrogen) atoms. The van der Waals surface area contributed by atoms with Gasteiger partial charge in [0.2, 0.25) is 0 Å². The van der Waals surface area contributed by atoms with Gasteiger partial charge in [-0.1, -0.05) is 44.4 Å². The van der Waals surface area contributed by atoms with E-state index in [1.54, 1.807) is 0 Å². The van der Waals surface area contributed by atoms with Crippen molar-refractivity contribution in [3.63, 3.8) is 0 Å². The molecule has 2 N–H and O–H groups in total. The highest BCUT2D eigenvalue weighted by molar-refractivity contribution is 6.31. The van der Waals surface area contributed by atoms with Gasteiger partial charge in [0.15, 0.2) is 0 Å². The molecule has 0 radical (unpaired) electrons. The molecular formula is C17H27ClN2. The number of nitrogens with two attached hydrogens (primary N) is 1. The van der Waals surface area contributed by atoms with Crippen LogP contribution < -0.4 is 5.73 Å². The number of nitrogens with zero attached hydrogens (tertiary/aromatic N) is 1. The lowest BCUT2D eigenvalue weighted by Gasteiger charge is -2.30. The van der Waals surface area contributed by atoms with E-state index >= 15 is 0 Å². The standard InChI is InChI=1S/C17H27ClN2/c1-13(2)9-10-20(16-5-3-4-6-16)12-14-7-8-15(19)11-17(14)18/h7-8,11,13,16H,3-6,9-10,12,19H2,1-2H3. The maximum atomic E-state index is 6.34. The number of anilines is 1. The Balaban J connectivity index is 2.05. The average molecular weight is 295 g/mol. The van der Waals surface area contributed by atoms with Crippen molar-refractivity contribution in [2.45, 2.75) is 58.5 Å². The van der Waals surface area contributed by atoms with Gasteiger partial charge in [-0.2, -0.15) is 0 Å². The predicted octanol–water partition coefficient (Wildman–Crippen LogP) is 4.71. The SMILES string of the molecule is CC(C)CCN(Cc1ccc(N)cc1Cl)C1CCCC1. The minimum Gasteiger partial charge on any atom is -0.399 e. The van der Waals surface area contributed by atoms with Gasteiger partial charge in [-0.15, -0.1) is 0 Å². The highest BCUT2D eigenvalue weighted by atomic mass is 35.5. The van der Waals surface area contributed by atoms with E-state index in [4.69, 9.17) is 17.3 Å². The van der Waals surface area contributed by atoms with E-state index in [2.05, 4.69) is 24.8 Å². The fraction of sp³-hybridized carbons (Fsp3) is 0.647. The third kappa shape index (κ3) is 4.39. The number of rotatable bonds is 6. The first kappa shape index (κ1) is 15.7. The Hall–Kier alpha value is -0.730. The summed E-state index contributed by atoms with van der Waals surface area (Å²) in [6, 6.07) is 6.64. The molecule has 112 valence electrons. The Labute approximate surface area is 128 Å². The van der Waals surface area contributed by atoms with Crippen molar-refractivity contribution in [3.05, 3.63) is 28.8 Å². The molecule has 0 aromatic heterocycles. The van der Waals surface area contributed by atoms with Crippen LogP contribution in [-0.2, 0) is 6.54 Å². The van der Waals surface area contributed by atoms with Crippen LogP contribution in [0.3, 0.4) is 0 Å². The van der Waals surface area contributed by atoms with Gasteiger partial charge < -0.3 is 5.73 Å². The largest absolute Gasteiger partial charge is 0.399 e. The molecule has 0 spiro atoms. The first-order valence-corrected chi connectivity index (χ1v) is 8.22. The topological polar surface area (TPSA) is 29.3 Å². The molecular weight excluding hydrogens is 268 g/mol. The molecule has 1 saturated carbocycles. The van der Waals surface area contributed by atoms with Crippen LogP contribution in [0, 0.1) is 5.92 Å². The van der Waals surface area contributed by atoms with Gasteiger partial charge in [0.1, 0.15) is 0 Å². The second-order valence-electron chi connectivity index (χ2n) is 6.44. The lowest BCUT2D eigenvalue weighted by molar-refractivity contribution is 0.179. The number of hydrogen-bond donors (Lipinski definition) is 1. The number of halogens is 1. The Morgan fingerprint density at radius 3 is 2.60 bits per heavy atom. The molecule has 1 fully saturated rings. The van der Waals surface area contributed by atoms with E-state index in [1.807, 2.05) is 12.1 Å². The fourth-order valence-corrected chi connectivity index (χ4v) is 3.24. The lowest BCUT2D eigenvalue weighted by Crippen LogP contribution is -2.34. The molecule has 0 aliphatic heterocycles. The third-order valence-electron chi connectivity index (χ3n) is 4.29.